The molecule has 1 aromatic carbocycles. The first kappa shape index (κ1) is 23.0. The van der Waals surface area contributed by atoms with Gasteiger partial charge in [0.15, 0.2) is 0 Å². The highest BCUT2D eigenvalue weighted by Crippen LogP contribution is 2.27. The Balaban J connectivity index is 1.60. The number of aromatic nitrogens is 1. The van der Waals surface area contributed by atoms with Crippen molar-refractivity contribution in [2.75, 3.05) is 33.9 Å². The van der Waals surface area contributed by atoms with Crippen molar-refractivity contribution in [3.05, 3.63) is 39.3 Å². The second-order valence-electron chi connectivity index (χ2n) is 7.51. The van der Waals surface area contributed by atoms with Gasteiger partial charge in [0.25, 0.3) is 0 Å². The normalized spacial score (nSPS) is 16.6. The molecule has 0 unspecified atom stereocenters. The number of hydrogen-bond acceptors (Lipinski definition) is 7. The molecule has 31 heavy (non-hydrogen) atoms. The van der Waals surface area contributed by atoms with E-state index in [4.69, 9.17) is 9.47 Å². The fourth-order valence-corrected chi connectivity index (χ4v) is 4.51. The van der Waals surface area contributed by atoms with Crippen LogP contribution in [-0.4, -0.2) is 61.6 Å². The summed E-state index contributed by atoms with van der Waals surface area (Å²) in [6.07, 6.45) is 0.801. The summed E-state index contributed by atoms with van der Waals surface area (Å²) in [7, 11) is 3.21. The molecule has 0 spiro atoms. The Labute approximate surface area is 186 Å². The number of amides is 2. The molecule has 2 heterocycles. The molecule has 1 fully saturated rings. The summed E-state index contributed by atoms with van der Waals surface area (Å²) in [6, 6.07) is 5.10. The van der Waals surface area contributed by atoms with Crippen molar-refractivity contribution in [2.45, 2.75) is 39.3 Å². The van der Waals surface area contributed by atoms with Crippen molar-refractivity contribution in [3.8, 4) is 11.5 Å². The van der Waals surface area contributed by atoms with E-state index < -0.39 is 6.04 Å². The van der Waals surface area contributed by atoms with Gasteiger partial charge in [-0.1, -0.05) is 6.07 Å². The minimum Gasteiger partial charge on any atom is -0.497 e. The lowest BCUT2D eigenvalue weighted by atomic mass is 10.1. The number of ether oxygens (including phenoxy) is 2. The summed E-state index contributed by atoms with van der Waals surface area (Å²) in [6.45, 7) is 6.27. The molecule has 1 aromatic heterocycles. The summed E-state index contributed by atoms with van der Waals surface area (Å²) in [5.41, 5.74) is 1.98. The summed E-state index contributed by atoms with van der Waals surface area (Å²) in [5.74, 6) is 1.14. The summed E-state index contributed by atoms with van der Waals surface area (Å²) < 4.78 is 10.7. The highest BCUT2D eigenvalue weighted by Gasteiger charge is 2.32. The van der Waals surface area contributed by atoms with Gasteiger partial charge < -0.3 is 20.1 Å². The molecule has 8 nitrogen and oxygen atoms in total. The molecule has 168 valence electrons. The summed E-state index contributed by atoms with van der Waals surface area (Å²) >= 11 is 1.65. The van der Waals surface area contributed by atoms with Crippen LogP contribution in [0.15, 0.2) is 18.2 Å². The molecule has 1 atom stereocenters. The maximum Gasteiger partial charge on any atom is 0.237 e. The van der Waals surface area contributed by atoms with Crippen LogP contribution in [0.25, 0.3) is 0 Å². The van der Waals surface area contributed by atoms with Crippen molar-refractivity contribution < 1.29 is 19.1 Å². The van der Waals surface area contributed by atoms with Gasteiger partial charge in [-0.25, -0.2) is 4.98 Å². The Hall–Kier alpha value is -2.65. The van der Waals surface area contributed by atoms with E-state index in [1.54, 1.807) is 25.6 Å². The highest BCUT2D eigenvalue weighted by atomic mass is 32.1. The van der Waals surface area contributed by atoms with Gasteiger partial charge in [-0.15, -0.1) is 11.3 Å². The predicted octanol–water partition coefficient (Wildman–Crippen LogP) is 1.83. The Morgan fingerprint density at radius 3 is 2.81 bits per heavy atom. The molecular weight excluding hydrogens is 416 g/mol. The molecule has 0 radical (unpaired) electrons. The molecule has 2 N–H and O–H groups in total. The van der Waals surface area contributed by atoms with Crippen LogP contribution in [0.2, 0.25) is 0 Å². The Morgan fingerprint density at radius 2 is 2.13 bits per heavy atom. The zero-order valence-corrected chi connectivity index (χ0v) is 19.3. The number of thiazole rings is 1. The third kappa shape index (κ3) is 5.95. The Bertz CT molecular complexity index is 911. The van der Waals surface area contributed by atoms with E-state index in [-0.39, 0.29) is 18.2 Å². The van der Waals surface area contributed by atoms with Gasteiger partial charge in [0.2, 0.25) is 11.8 Å². The van der Waals surface area contributed by atoms with Gasteiger partial charge in [0, 0.05) is 49.1 Å². The van der Waals surface area contributed by atoms with Crippen LogP contribution in [-0.2, 0) is 22.6 Å². The smallest absolute Gasteiger partial charge is 0.237 e. The number of carbonyl (C=O) groups excluding carboxylic acids is 2. The largest absolute Gasteiger partial charge is 0.497 e. The average molecular weight is 447 g/mol. The van der Waals surface area contributed by atoms with E-state index >= 15 is 0 Å². The van der Waals surface area contributed by atoms with Gasteiger partial charge >= 0.3 is 0 Å². The highest BCUT2D eigenvalue weighted by molar-refractivity contribution is 7.11. The second kappa shape index (κ2) is 10.6. The topological polar surface area (TPSA) is 92.8 Å². The maximum absolute atomic E-state index is 12.5. The third-order valence-corrected chi connectivity index (χ3v) is 6.55. The molecule has 0 aliphatic carbocycles. The number of rotatable bonds is 9. The van der Waals surface area contributed by atoms with Crippen LogP contribution in [0.5, 0.6) is 11.5 Å². The molecular formula is C22H30N4O4S. The lowest BCUT2D eigenvalue weighted by Crippen LogP contribution is -2.56. The molecule has 1 saturated heterocycles. The lowest BCUT2D eigenvalue weighted by molar-refractivity contribution is -0.134. The van der Waals surface area contributed by atoms with Gasteiger partial charge in [-0.05, 0) is 19.9 Å². The molecule has 1 aliphatic heterocycles. The monoisotopic (exact) mass is 446 g/mol. The number of methoxy groups -OCH3 is 2. The minimum absolute atomic E-state index is 0.111. The van der Waals surface area contributed by atoms with Crippen LogP contribution in [0.1, 0.15) is 27.6 Å². The SMILES string of the molecule is COc1ccc(CN2CCNC(=O)[C@@H]2CC(=O)NCCc2nc(C)c(C)s2)c(OC)c1. The third-order valence-electron chi connectivity index (χ3n) is 5.42. The Kier molecular flexibility index (Phi) is 7.86. The number of nitrogens with one attached hydrogen (secondary N) is 2. The second-order valence-corrected chi connectivity index (χ2v) is 8.80. The number of benzene rings is 1. The van der Waals surface area contributed by atoms with Crippen molar-refractivity contribution in [1.29, 1.82) is 0 Å². The van der Waals surface area contributed by atoms with Gasteiger partial charge in [0.05, 0.1) is 37.4 Å². The van der Waals surface area contributed by atoms with Crippen LogP contribution in [0.4, 0.5) is 0 Å². The summed E-state index contributed by atoms with van der Waals surface area (Å²) in [5, 5.41) is 6.81. The fraction of sp³-hybridized carbons (Fsp3) is 0.500. The number of aryl methyl sites for hydroxylation is 2. The first-order valence-electron chi connectivity index (χ1n) is 10.3. The van der Waals surface area contributed by atoms with Crippen LogP contribution >= 0.6 is 11.3 Å². The first-order valence-corrected chi connectivity index (χ1v) is 11.1. The standard InChI is InChI=1S/C22H30N4O4S/c1-14-15(2)31-21(25-14)7-8-23-20(27)12-18-22(28)24-9-10-26(18)13-16-5-6-17(29-3)11-19(16)30-4/h5-6,11,18H,7-10,12-13H2,1-4H3,(H,23,27)(H,24,28)/t18-/m0/s1. The number of carbonyl (C=O) groups is 2. The van der Waals surface area contributed by atoms with E-state index in [0.29, 0.717) is 44.1 Å². The van der Waals surface area contributed by atoms with Crippen LogP contribution in [0, 0.1) is 13.8 Å². The van der Waals surface area contributed by atoms with E-state index in [0.717, 1.165) is 16.3 Å². The Morgan fingerprint density at radius 1 is 1.32 bits per heavy atom. The van der Waals surface area contributed by atoms with Crippen molar-refractivity contribution in [2.24, 2.45) is 0 Å². The maximum atomic E-state index is 12.5. The molecule has 3 rings (SSSR count). The first-order chi connectivity index (χ1) is 14.9. The van der Waals surface area contributed by atoms with Crippen molar-refractivity contribution >= 4 is 23.2 Å². The zero-order chi connectivity index (χ0) is 22.4. The van der Waals surface area contributed by atoms with Gasteiger partial charge in [-0.2, -0.15) is 0 Å². The van der Waals surface area contributed by atoms with E-state index in [1.807, 2.05) is 36.9 Å². The summed E-state index contributed by atoms with van der Waals surface area (Å²) in [4.78, 5) is 32.8. The molecule has 2 amide bonds. The van der Waals surface area contributed by atoms with E-state index in [2.05, 4.69) is 15.6 Å². The fourth-order valence-electron chi connectivity index (χ4n) is 3.58. The average Bonchev–Trinajstić information content (AvgIpc) is 3.08. The van der Waals surface area contributed by atoms with Gasteiger partial charge in [0.1, 0.15) is 11.5 Å². The van der Waals surface area contributed by atoms with Crippen molar-refractivity contribution in [1.82, 2.24) is 20.5 Å². The predicted molar refractivity (Wildman–Crippen MR) is 120 cm³/mol. The molecule has 0 bridgehead atoms. The minimum atomic E-state index is -0.523. The van der Waals surface area contributed by atoms with Crippen LogP contribution in [0.3, 0.4) is 0 Å². The van der Waals surface area contributed by atoms with E-state index in [9.17, 15) is 9.59 Å². The number of piperazine rings is 1. The molecule has 0 saturated carbocycles. The zero-order valence-electron chi connectivity index (χ0n) is 18.5. The molecule has 1 aliphatic rings. The van der Waals surface area contributed by atoms with Crippen molar-refractivity contribution in [3.63, 3.8) is 0 Å². The lowest BCUT2D eigenvalue weighted by Gasteiger charge is -2.35. The van der Waals surface area contributed by atoms with Gasteiger partial charge in [-0.3, -0.25) is 14.5 Å². The van der Waals surface area contributed by atoms with E-state index in [1.165, 1.54) is 4.88 Å². The quantitative estimate of drug-likeness (QED) is 0.611. The number of hydrogen-bond donors (Lipinski definition) is 2. The van der Waals surface area contributed by atoms with Crippen LogP contribution < -0.4 is 20.1 Å². The molecule has 2 aromatic rings. The molecule has 9 heteroatoms. The number of nitrogens with zero attached hydrogens (tertiary/aromatic N) is 2.